The van der Waals surface area contributed by atoms with Crippen LogP contribution in [0.4, 0.5) is 0 Å². The molecule has 0 aliphatic carbocycles. The van der Waals surface area contributed by atoms with Crippen LogP contribution >= 0.6 is 15.9 Å². The second-order valence-electron chi connectivity index (χ2n) is 4.25. The minimum absolute atomic E-state index is 0.444. The van der Waals surface area contributed by atoms with Gasteiger partial charge in [0.05, 0.1) is 6.54 Å². The molecule has 0 radical (unpaired) electrons. The van der Waals surface area contributed by atoms with E-state index in [1.54, 1.807) is 0 Å². The molecule has 0 aliphatic heterocycles. The molecular weight excluding hydrogens is 278 g/mol. The summed E-state index contributed by atoms with van der Waals surface area (Å²) in [5, 5.41) is 0. The summed E-state index contributed by atoms with van der Waals surface area (Å²) in [6, 6.07) is 6.38. The molecule has 0 saturated heterocycles. The van der Waals surface area contributed by atoms with Crippen molar-refractivity contribution in [2.75, 3.05) is 0 Å². The molecule has 0 aliphatic rings. The van der Waals surface area contributed by atoms with Crippen molar-refractivity contribution in [1.82, 2.24) is 9.55 Å². The minimum Gasteiger partial charge on any atom is -0.324 e. The maximum Gasteiger partial charge on any atom is 0.123 e. The fourth-order valence-electron chi connectivity index (χ4n) is 1.96. The standard InChI is InChI=1S/C13H16BrN3/c1-8-4-5-10(9(2)6-8)12-13(14)17(3)11(7-15)16-12/h4-6H,7,15H2,1-3H3. The molecule has 17 heavy (non-hydrogen) atoms. The number of aryl methyl sites for hydroxylation is 2. The number of rotatable bonds is 2. The summed E-state index contributed by atoms with van der Waals surface area (Å²) in [6.45, 7) is 4.64. The Morgan fingerprint density at radius 3 is 2.59 bits per heavy atom. The smallest absolute Gasteiger partial charge is 0.123 e. The van der Waals surface area contributed by atoms with E-state index in [9.17, 15) is 0 Å². The van der Waals surface area contributed by atoms with Gasteiger partial charge in [0.2, 0.25) is 0 Å². The highest BCUT2D eigenvalue weighted by Crippen LogP contribution is 2.30. The van der Waals surface area contributed by atoms with Crippen LogP contribution in [0.2, 0.25) is 0 Å². The molecule has 2 N–H and O–H groups in total. The highest BCUT2D eigenvalue weighted by Gasteiger charge is 2.14. The first-order chi connectivity index (χ1) is 8.04. The van der Waals surface area contributed by atoms with Crippen LogP contribution in [0, 0.1) is 13.8 Å². The molecule has 1 heterocycles. The van der Waals surface area contributed by atoms with Crippen LogP contribution in [0.25, 0.3) is 11.3 Å². The quantitative estimate of drug-likeness (QED) is 0.925. The van der Waals surface area contributed by atoms with Crippen molar-refractivity contribution < 1.29 is 0 Å². The second-order valence-corrected chi connectivity index (χ2v) is 5.00. The lowest BCUT2D eigenvalue weighted by atomic mass is 10.0. The highest BCUT2D eigenvalue weighted by atomic mass is 79.9. The van der Waals surface area contributed by atoms with Crippen LogP contribution in [0.3, 0.4) is 0 Å². The average molecular weight is 294 g/mol. The zero-order valence-electron chi connectivity index (χ0n) is 10.3. The Morgan fingerprint density at radius 2 is 2.06 bits per heavy atom. The van der Waals surface area contributed by atoms with Crippen LogP contribution in [0.5, 0.6) is 0 Å². The van der Waals surface area contributed by atoms with Gasteiger partial charge in [-0.3, -0.25) is 0 Å². The maximum atomic E-state index is 5.67. The number of aromatic nitrogens is 2. The zero-order valence-corrected chi connectivity index (χ0v) is 11.9. The van der Waals surface area contributed by atoms with E-state index in [0.717, 1.165) is 21.7 Å². The van der Waals surface area contributed by atoms with Gasteiger partial charge in [-0.15, -0.1) is 0 Å². The number of imidazole rings is 1. The number of nitrogens with zero attached hydrogens (tertiary/aromatic N) is 2. The molecule has 0 unspecified atom stereocenters. The summed E-state index contributed by atoms with van der Waals surface area (Å²) < 4.78 is 2.96. The Bertz CT molecular complexity index is 558. The maximum absolute atomic E-state index is 5.67. The van der Waals surface area contributed by atoms with Crippen molar-refractivity contribution in [3.05, 3.63) is 39.8 Å². The van der Waals surface area contributed by atoms with Gasteiger partial charge in [-0.25, -0.2) is 4.98 Å². The molecule has 1 aromatic heterocycles. The Labute approximate surface area is 110 Å². The Kier molecular flexibility index (Phi) is 3.35. The number of hydrogen-bond acceptors (Lipinski definition) is 2. The van der Waals surface area contributed by atoms with Crippen molar-refractivity contribution in [2.24, 2.45) is 12.8 Å². The van der Waals surface area contributed by atoms with Gasteiger partial charge < -0.3 is 10.3 Å². The molecule has 0 atom stereocenters. The average Bonchev–Trinajstić information content (AvgIpc) is 2.57. The third kappa shape index (κ3) is 2.15. The number of halogens is 1. The number of benzene rings is 1. The summed E-state index contributed by atoms with van der Waals surface area (Å²) in [6.07, 6.45) is 0. The first kappa shape index (κ1) is 12.3. The summed E-state index contributed by atoms with van der Waals surface area (Å²) in [7, 11) is 1.96. The van der Waals surface area contributed by atoms with Crippen molar-refractivity contribution in [2.45, 2.75) is 20.4 Å². The Morgan fingerprint density at radius 1 is 1.35 bits per heavy atom. The van der Waals surface area contributed by atoms with E-state index in [4.69, 9.17) is 5.73 Å². The molecule has 90 valence electrons. The molecule has 3 nitrogen and oxygen atoms in total. The second kappa shape index (κ2) is 4.63. The van der Waals surface area contributed by atoms with Gasteiger partial charge in [0.1, 0.15) is 16.1 Å². The molecule has 1 aromatic carbocycles. The van der Waals surface area contributed by atoms with Crippen LogP contribution in [0.1, 0.15) is 17.0 Å². The lowest BCUT2D eigenvalue weighted by molar-refractivity contribution is 0.781. The molecule has 0 fully saturated rings. The molecule has 2 aromatic rings. The minimum atomic E-state index is 0.444. The first-order valence-electron chi connectivity index (χ1n) is 5.53. The van der Waals surface area contributed by atoms with E-state index in [0.29, 0.717) is 6.54 Å². The molecular formula is C13H16BrN3. The van der Waals surface area contributed by atoms with Gasteiger partial charge in [0, 0.05) is 12.6 Å². The van der Waals surface area contributed by atoms with E-state index in [1.807, 2.05) is 11.6 Å². The summed E-state index contributed by atoms with van der Waals surface area (Å²) in [5.41, 5.74) is 10.3. The van der Waals surface area contributed by atoms with E-state index in [1.165, 1.54) is 11.1 Å². The molecule has 0 bridgehead atoms. The van der Waals surface area contributed by atoms with Crippen molar-refractivity contribution in [3.8, 4) is 11.3 Å². The molecule has 2 rings (SSSR count). The summed E-state index contributed by atoms with van der Waals surface area (Å²) >= 11 is 3.58. The van der Waals surface area contributed by atoms with Crippen LogP contribution in [-0.2, 0) is 13.6 Å². The van der Waals surface area contributed by atoms with E-state index in [2.05, 4.69) is 53.0 Å². The SMILES string of the molecule is Cc1ccc(-c2nc(CN)n(C)c2Br)c(C)c1. The van der Waals surface area contributed by atoms with Gasteiger partial charge in [-0.2, -0.15) is 0 Å². The zero-order chi connectivity index (χ0) is 12.6. The van der Waals surface area contributed by atoms with Crippen molar-refractivity contribution in [1.29, 1.82) is 0 Å². The largest absolute Gasteiger partial charge is 0.324 e. The van der Waals surface area contributed by atoms with Gasteiger partial charge in [0.25, 0.3) is 0 Å². The van der Waals surface area contributed by atoms with Crippen LogP contribution < -0.4 is 5.73 Å². The van der Waals surface area contributed by atoms with Gasteiger partial charge >= 0.3 is 0 Å². The normalized spacial score (nSPS) is 10.9. The van der Waals surface area contributed by atoms with Crippen molar-refractivity contribution >= 4 is 15.9 Å². The third-order valence-corrected chi connectivity index (χ3v) is 3.85. The predicted octanol–water partition coefficient (Wildman–Crippen LogP) is 2.93. The highest BCUT2D eigenvalue weighted by molar-refractivity contribution is 9.10. The first-order valence-corrected chi connectivity index (χ1v) is 6.32. The van der Waals surface area contributed by atoms with Gasteiger partial charge in [-0.1, -0.05) is 23.8 Å². The van der Waals surface area contributed by atoms with Crippen LogP contribution in [0.15, 0.2) is 22.8 Å². The van der Waals surface area contributed by atoms with Crippen LogP contribution in [-0.4, -0.2) is 9.55 Å². The van der Waals surface area contributed by atoms with E-state index < -0.39 is 0 Å². The Hall–Kier alpha value is -1.13. The molecule has 4 heteroatoms. The van der Waals surface area contributed by atoms with Gasteiger partial charge in [-0.05, 0) is 35.3 Å². The van der Waals surface area contributed by atoms with E-state index in [-0.39, 0.29) is 0 Å². The molecule has 0 spiro atoms. The summed E-state index contributed by atoms with van der Waals surface area (Å²) in [4.78, 5) is 4.58. The fourth-order valence-corrected chi connectivity index (χ4v) is 2.46. The number of nitrogens with two attached hydrogens (primary N) is 1. The molecule has 0 saturated carbocycles. The van der Waals surface area contributed by atoms with Crippen molar-refractivity contribution in [3.63, 3.8) is 0 Å². The molecule has 0 amide bonds. The number of hydrogen-bond donors (Lipinski definition) is 1. The lowest BCUT2D eigenvalue weighted by Gasteiger charge is -2.04. The van der Waals surface area contributed by atoms with E-state index >= 15 is 0 Å². The Balaban J connectivity index is 2.60. The van der Waals surface area contributed by atoms with Gasteiger partial charge in [0.15, 0.2) is 0 Å². The monoisotopic (exact) mass is 293 g/mol. The lowest BCUT2D eigenvalue weighted by Crippen LogP contribution is -2.04. The summed E-state index contributed by atoms with van der Waals surface area (Å²) in [5.74, 6) is 0.881. The third-order valence-electron chi connectivity index (χ3n) is 2.94. The predicted molar refractivity (Wildman–Crippen MR) is 73.7 cm³/mol. The fraction of sp³-hybridized carbons (Fsp3) is 0.308. The topological polar surface area (TPSA) is 43.8 Å².